The fourth-order valence-corrected chi connectivity index (χ4v) is 1.94. The fourth-order valence-electron chi connectivity index (χ4n) is 1.37. The Kier molecular flexibility index (Phi) is 4.98. The minimum Gasteiger partial charge on any atom is -0.497 e. The summed E-state index contributed by atoms with van der Waals surface area (Å²) in [6, 6.07) is 5.36. The van der Waals surface area contributed by atoms with Crippen LogP contribution in [0.1, 0.15) is 18.1 Å². The van der Waals surface area contributed by atoms with E-state index in [1.54, 1.807) is 19.1 Å². The molecular formula is C12H12BrNO3. The van der Waals surface area contributed by atoms with Crippen molar-refractivity contribution in [1.29, 1.82) is 5.26 Å². The molecule has 0 amide bonds. The van der Waals surface area contributed by atoms with Gasteiger partial charge in [0.25, 0.3) is 0 Å². The van der Waals surface area contributed by atoms with Crippen LogP contribution in [0.15, 0.2) is 16.6 Å². The topological polar surface area (TPSA) is 59.3 Å². The molecule has 0 N–H and O–H groups in total. The van der Waals surface area contributed by atoms with Gasteiger partial charge >= 0.3 is 5.97 Å². The first kappa shape index (κ1) is 13.5. The summed E-state index contributed by atoms with van der Waals surface area (Å²) in [7, 11) is 1.52. The van der Waals surface area contributed by atoms with Crippen molar-refractivity contribution in [3.05, 3.63) is 27.7 Å². The summed E-state index contributed by atoms with van der Waals surface area (Å²) in [6.45, 7) is 2.07. The molecular weight excluding hydrogens is 286 g/mol. The minimum absolute atomic E-state index is 0.0707. The van der Waals surface area contributed by atoms with Crippen molar-refractivity contribution in [1.82, 2.24) is 0 Å². The second-order valence-electron chi connectivity index (χ2n) is 3.23. The third-order valence-corrected chi connectivity index (χ3v) is 2.86. The van der Waals surface area contributed by atoms with Crippen LogP contribution in [0.4, 0.5) is 0 Å². The van der Waals surface area contributed by atoms with Crippen LogP contribution in [0.25, 0.3) is 0 Å². The number of hydrogen-bond donors (Lipinski definition) is 0. The van der Waals surface area contributed by atoms with E-state index >= 15 is 0 Å². The van der Waals surface area contributed by atoms with Gasteiger partial charge in [-0.25, -0.2) is 0 Å². The fraction of sp³-hybridized carbons (Fsp3) is 0.333. The molecule has 0 spiro atoms. The largest absolute Gasteiger partial charge is 0.497 e. The molecule has 90 valence electrons. The van der Waals surface area contributed by atoms with Gasteiger partial charge in [-0.1, -0.05) is 15.9 Å². The van der Waals surface area contributed by atoms with E-state index < -0.39 is 0 Å². The maximum Gasteiger partial charge on any atom is 0.310 e. The van der Waals surface area contributed by atoms with E-state index in [0.717, 1.165) is 0 Å². The molecule has 0 saturated heterocycles. The number of methoxy groups -OCH3 is 1. The molecule has 0 bridgehead atoms. The lowest BCUT2D eigenvalue weighted by Gasteiger charge is -2.09. The molecule has 0 aliphatic carbocycles. The summed E-state index contributed by atoms with van der Waals surface area (Å²) >= 11 is 3.32. The van der Waals surface area contributed by atoms with Crippen molar-refractivity contribution in [3.8, 4) is 11.8 Å². The molecule has 1 aromatic rings. The highest BCUT2D eigenvalue weighted by atomic mass is 79.9. The lowest BCUT2D eigenvalue weighted by atomic mass is 10.1. The average molecular weight is 298 g/mol. The summed E-state index contributed by atoms with van der Waals surface area (Å²) in [6.07, 6.45) is 0.0707. The number of hydrogen-bond acceptors (Lipinski definition) is 4. The van der Waals surface area contributed by atoms with E-state index in [4.69, 9.17) is 14.7 Å². The Morgan fingerprint density at radius 2 is 2.24 bits per heavy atom. The van der Waals surface area contributed by atoms with Crippen LogP contribution < -0.4 is 4.74 Å². The monoisotopic (exact) mass is 297 g/mol. The normalized spacial score (nSPS) is 9.53. The predicted molar refractivity (Wildman–Crippen MR) is 65.7 cm³/mol. The van der Waals surface area contributed by atoms with Crippen LogP contribution in [0.5, 0.6) is 5.75 Å². The molecule has 0 aromatic heterocycles. The zero-order valence-electron chi connectivity index (χ0n) is 9.62. The smallest absolute Gasteiger partial charge is 0.310 e. The third kappa shape index (κ3) is 3.46. The molecule has 0 fully saturated rings. The third-order valence-electron chi connectivity index (χ3n) is 2.15. The Morgan fingerprint density at radius 3 is 2.76 bits per heavy atom. The summed E-state index contributed by atoms with van der Waals surface area (Å²) in [5, 5.41) is 9.03. The number of halogens is 1. The van der Waals surface area contributed by atoms with Crippen molar-refractivity contribution in [2.75, 3.05) is 13.7 Å². The number of benzene rings is 1. The van der Waals surface area contributed by atoms with E-state index in [1.807, 2.05) is 6.07 Å². The van der Waals surface area contributed by atoms with Crippen LogP contribution in [-0.4, -0.2) is 19.7 Å². The summed E-state index contributed by atoms with van der Waals surface area (Å²) in [5.74, 6) is 0.218. The van der Waals surface area contributed by atoms with Crippen LogP contribution in [-0.2, 0) is 16.0 Å². The van der Waals surface area contributed by atoms with Crippen LogP contribution >= 0.6 is 15.9 Å². The molecule has 0 aliphatic heterocycles. The number of carbonyl (C=O) groups is 1. The van der Waals surface area contributed by atoms with Gasteiger partial charge in [-0.05, 0) is 24.6 Å². The lowest BCUT2D eigenvalue weighted by molar-refractivity contribution is -0.142. The van der Waals surface area contributed by atoms with Gasteiger partial charge in [0.2, 0.25) is 0 Å². The van der Waals surface area contributed by atoms with Gasteiger partial charge in [0.15, 0.2) is 0 Å². The van der Waals surface area contributed by atoms with E-state index in [0.29, 0.717) is 28.0 Å². The van der Waals surface area contributed by atoms with Crippen molar-refractivity contribution >= 4 is 21.9 Å². The Balaban J connectivity index is 3.07. The van der Waals surface area contributed by atoms with Crippen molar-refractivity contribution in [3.63, 3.8) is 0 Å². The second-order valence-corrected chi connectivity index (χ2v) is 4.08. The standard InChI is InChI=1S/C12H12BrNO3/c1-3-17-12(15)6-10-8(7-14)4-9(16-2)5-11(10)13/h4-5H,3,6H2,1-2H3. The summed E-state index contributed by atoms with van der Waals surface area (Å²) in [5.41, 5.74) is 1.02. The highest BCUT2D eigenvalue weighted by Gasteiger charge is 2.14. The highest BCUT2D eigenvalue weighted by molar-refractivity contribution is 9.10. The first-order valence-electron chi connectivity index (χ1n) is 5.04. The minimum atomic E-state index is -0.352. The number of rotatable bonds is 4. The van der Waals surface area contributed by atoms with Crippen LogP contribution in [0.3, 0.4) is 0 Å². The Labute approximate surface area is 108 Å². The van der Waals surface area contributed by atoms with Gasteiger partial charge < -0.3 is 9.47 Å². The van der Waals surface area contributed by atoms with Crippen LogP contribution in [0, 0.1) is 11.3 Å². The first-order chi connectivity index (χ1) is 8.12. The highest BCUT2D eigenvalue weighted by Crippen LogP contribution is 2.27. The molecule has 0 saturated carbocycles. The van der Waals surface area contributed by atoms with E-state index in [1.165, 1.54) is 7.11 Å². The Morgan fingerprint density at radius 1 is 1.53 bits per heavy atom. The average Bonchev–Trinajstić information content (AvgIpc) is 2.31. The van der Waals surface area contributed by atoms with E-state index in [2.05, 4.69) is 15.9 Å². The van der Waals surface area contributed by atoms with Gasteiger partial charge in [0.1, 0.15) is 5.75 Å². The molecule has 17 heavy (non-hydrogen) atoms. The number of carbonyl (C=O) groups excluding carboxylic acids is 1. The maximum absolute atomic E-state index is 11.4. The van der Waals surface area contributed by atoms with Gasteiger partial charge in [-0.3, -0.25) is 4.79 Å². The number of ether oxygens (including phenoxy) is 2. The number of nitriles is 1. The van der Waals surface area contributed by atoms with E-state index in [-0.39, 0.29) is 12.4 Å². The van der Waals surface area contributed by atoms with Crippen molar-refractivity contribution in [2.24, 2.45) is 0 Å². The zero-order valence-corrected chi connectivity index (χ0v) is 11.2. The molecule has 0 heterocycles. The molecule has 1 aromatic carbocycles. The second kappa shape index (κ2) is 6.26. The molecule has 0 aliphatic rings. The summed E-state index contributed by atoms with van der Waals surface area (Å²) < 4.78 is 10.6. The van der Waals surface area contributed by atoms with Crippen molar-refractivity contribution in [2.45, 2.75) is 13.3 Å². The van der Waals surface area contributed by atoms with Gasteiger partial charge in [-0.15, -0.1) is 0 Å². The van der Waals surface area contributed by atoms with Crippen molar-refractivity contribution < 1.29 is 14.3 Å². The maximum atomic E-state index is 11.4. The summed E-state index contributed by atoms with van der Waals surface area (Å²) in [4.78, 5) is 11.4. The predicted octanol–water partition coefficient (Wildman–Crippen LogP) is 2.43. The molecule has 0 atom stereocenters. The Hall–Kier alpha value is -1.54. The lowest BCUT2D eigenvalue weighted by Crippen LogP contribution is -2.09. The SMILES string of the molecule is CCOC(=O)Cc1c(Br)cc(OC)cc1C#N. The van der Waals surface area contributed by atoms with Gasteiger partial charge in [0, 0.05) is 4.47 Å². The molecule has 1 rings (SSSR count). The zero-order chi connectivity index (χ0) is 12.8. The molecule has 5 heteroatoms. The van der Waals surface area contributed by atoms with Crippen LogP contribution in [0.2, 0.25) is 0 Å². The van der Waals surface area contributed by atoms with Gasteiger partial charge in [0.05, 0.1) is 31.8 Å². The quantitative estimate of drug-likeness (QED) is 0.801. The first-order valence-corrected chi connectivity index (χ1v) is 5.83. The number of esters is 1. The molecule has 0 radical (unpaired) electrons. The van der Waals surface area contributed by atoms with E-state index in [9.17, 15) is 4.79 Å². The Bertz CT molecular complexity index is 466. The van der Waals surface area contributed by atoms with Gasteiger partial charge in [-0.2, -0.15) is 5.26 Å². The number of nitrogens with zero attached hydrogens (tertiary/aromatic N) is 1. The molecule has 0 unspecified atom stereocenters. The molecule has 4 nitrogen and oxygen atoms in total.